The summed E-state index contributed by atoms with van der Waals surface area (Å²) >= 11 is 12.2. The number of nitrogens with one attached hydrogen (secondary N) is 2. The molecule has 0 aromatic heterocycles. The number of benzene rings is 2. The first-order valence-electron chi connectivity index (χ1n) is 8.00. The third kappa shape index (κ3) is 4.26. The van der Waals surface area contributed by atoms with Gasteiger partial charge in [0.1, 0.15) is 5.82 Å². The van der Waals surface area contributed by atoms with Crippen molar-refractivity contribution in [3.8, 4) is 0 Å². The molecule has 0 spiro atoms. The minimum atomic E-state index is -0.410. The molecule has 0 bridgehead atoms. The molecule has 2 N–H and O–H groups in total. The van der Waals surface area contributed by atoms with Gasteiger partial charge in [0.15, 0.2) is 0 Å². The van der Waals surface area contributed by atoms with Crippen molar-refractivity contribution in [3.63, 3.8) is 0 Å². The van der Waals surface area contributed by atoms with Gasteiger partial charge in [-0.1, -0.05) is 29.3 Å². The predicted octanol–water partition coefficient (Wildman–Crippen LogP) is 4.17. The standard InChI is InChI=1S/C18H16Cl2FN3O2/c19-14-2-1-3-15(20)16(14)17(25)24-9-8-13(10-24)23-18(26)22-12-6-4-11(21)5-7-12/h1-7,13H,8-10H2,(H2,22,23,26). The van der Waals surface area contributed by atoms with Crippen LogP contribution in [0.15, 0.2) is 42.5 Å². The number of amides is 3. The van der Waals surface area contributed by atoms with Crippen molar-refractivity contribution in [3.05, 3.63) is 63.9 Å². The molecule has 5 nitrogen and oxygen atoms in total. The number of hydrogen-bond acceptors (Lipinski definition) is 2. The Balaban J connectivity index is 1.57. The largest absolute Gasteiger partial charge is 0.336 e. The molecule has 3 rings (SSSR count). The second kappa shape index (κ2) is 7.93. The van der Waals surface area contributed by atoms with Gasteiger partial charge in [0.05, 0.1) is 15.6 Å². The van der Waals surface area contributed by atoms with Gasteiger partial charge in [0.25, 0.3) is 5.91 Å². The first kappa shape index (κ1) is 18.5. The van der Waals surface area contributed by atoms with Crippen LogP contribution in [-0.2, 0) is 0 Å². The minimum Gasteiger partial charge on any atom is -0.336 e. The van der Waals surface area contributed by atoms with E-state index in [1.807, 2.05) is 0 Å². The van der Waals surface area contributed by atoms with Gasteiger partial charge in [-0.15, -0.1) is 0 Å². The van der Waals surface area contributed by atoms with Crippen molar-refractivity contribution in [1.82, 2.24) is 10.2 Å². The Kier molecular flexibility index (Phi) is 5.64. The molecular weight excluding hydrogens is 380 g/mol. The van der Waals surface area contributed by atoms with Gasteiger partial charge in [-0.05, 0) is 42.8 Å². The summed E-state index contributed by atoms with van der Waals surface area (Å²) in [4.78, 5) is 26.3. The molecule has 1 aliphatic heterocycles. The first-order valence-corrected chi connectivity index (χ1v) is 8.76. The Morgan fingerprint density at radius 2 is 1.73 bits per heavy atom. The highest BCUT2D eigenvalue weighted by Gasteiger charge is 2.30. The van der Waals surface area contributed by atoms with E-state index in [1.165, 1.54) is 24.3 Å². The molecule has 26 heavy (non-hydrogen) atoms. The van der Waals surface area contributed by atoms with E-state index in [1.54, 1.807) is 23.1 Å². The fraction of sp³-hybridized carbons (Fsp3) is 0.222. The van der Waals surface area contributed by atoms with Crippen molar-refractivity contribution in [1.29, 1.82) is 0 Å². The third-order valence-corrected chi connectivity index (χ3v) is 4.72. The fourth-order valence-electron chi connectivity index (χ4n) is 2.81. The molecule has 8 heteroatoms. The van der Waals surface area contributed by atoms with Gasteiger partial charge in [0.2, 0.25) is 0 Å². The molecule has 0 saturated carbocycles. The molecule has 0 radical (unpaired) electrons. The SMILES string of the molecule is O=C(Nc1ccc(F)cc1)NC1CCN(C(=O)c2c(Cl)cccc2Cl)C1. The van der Waals surface area contributed by atoms with Gasteiger partial charge in [-0.3, -0.25) is 4.79 Å². The van der Waals surface area contributed by atoms with Crippen molar-refractivity contribution < 1.29 is 14.0 Å². The van der Waals surface area contributed by atoms with E-state index in [-0.39, 0.29) is 23.3 Å². The van der Waals surface area contributed by atoms with Crippen molar-refractivity contribution in [2.75, 3.05) is 18.4 Å². The number of rotatable bonds is 3. The van der Waals surface area contributed by atoms with Gasteiger partial charge in [-0.25, -0.2) is 9.18 Å². The zero-order valence-electron chi connectivity index (χ0n) is 13.6. The number of anilines is 1. The minimum absolute atomic E-state index is 0.194. The predicted molar refractivity (Wildman–Crippen MR) is 99.3 cm³/mol. The molecule has 1 heterocycles. The number of carbonyl (C=O) groups excluding carboxylic acids is 2. The summed E-state index contributed by atoms with van der Waals surface area (Å²) in [5.74, 6) is -0.636. The lowest BCUT2D eigenvalue weighted by atomic mass is 10.2. The summed E-state index contributed by atoms with van der Waals surface area (Å²) in [5.41, 5.74) is 0.755. The smallest absolute Gasteiger partial charge is 0.319 e. The lowest BCUT2D eigenvalue weighted by Crippen LogP contribution is -2.40. The third-order valence-electron chi connectivity index (χ3n) is 4.09. The average molecular weight is 396 g/mol. The van der Waals surface area contributed by atoms with Gasteiger partial charge < -0.3 is 15.5 Å². The van der Waals surface area contributed by atoms with E-state index in [9.17, 15) is 14.0 Å². The maximum absolute atomic E-state index is 12.9. The van der Waals surface area contributed by atoms with E-state index < -0.39 is 6.03 Å². The molecule has 136 valence electrons. The lowest BCUT2D eigenvalue weighted by Gasteiger charge is -2.18. The van der Waals surface area contributed by atoms with Crippen LogP contribution in [0.1, 0.15) is 16.8 Å². The summed E-state index contributed by atoms with van der Waals surface area (Å²) in [6.45, 7) is 0.846. The quantitative estimate of drug-likeness (QED) is 0.818. The highest BCUT2D eigenvalue weighted by Crippen LogP contribution is 2.27. The lowest BCUT2D eigenvalue weighted by molar-refractivity contribution is 0.0790. The normalized spacial score (nSPS) is 16.4. The van der Waals surface area contributed by atoms with Crippen LogP contribution >= 0.6 is 23.2 Å². The summed E-state index contributed by atoms with van der Waals surface area (Å²) in [6, 6.07) is 9.77. The number of carbonyl (C=O) groups is 2. The maximum Gasteiger partial charge on any atom is 0.319 e. The summed E-state index contributed by atoms with van der Waals surface area (Å²) in [5, 5.41) is 6.03. The van der Waals surface area contributed by atoms with E-state index in [0.29, 0.717) is 35.2 Å². The van der Waals surface area contributed by atoms with Crippen LogP contribution in [0.4, 0.5) is 14.9 Å². The Morgan fingerprint density at radius 1 is 1.08 bits per heavy atom. The Bertz CT molecular complexity index is 809. The van der Waals surface area contributed by atoms with Crippen LogP contribution in [0.25, 0.3) is 0 Å². The van der Waals surface area contributed by atoms with Crippen molar-refractivity contribution in [2.24, 2.45) is 0 Å². The first-order chi connectivity index (χ1) is 12.4. The second-order valence-corrected chi connectivity index (χ2v) is 6.75. The zero-order chi connectivity index (χ0) is 18.7. The summed E-state index contributed by atoms with van der Waals surface area (Å²) in [7, 11) is 0. The Morgan fingerprint density at radius 3 is 2.38 bits per heavy atom. The average Bonchev–Trinajstić information content (AvgIpc) is 3.05. The monoisotopic (exact) mass is 395 g/mol. The molecular formula is C18H16Cl2FN3O2. The Hall–Kier alpha value is -2.31. The molecule has 1 fully saturated rings. The van der Waals surface area contributed by atoms with Gasteiger partial charge >= 0.3 is 6.03 Å². The van der Waals surface area contributed by atoms with Crippen molar-refractivity contribution in [2.45, 2.75) is 12.5 Å². The number of halogens is 3. The summed E-state index contributed by atoms with van der Waals surface area (Å²) < 4.78 is 12.9. The van der Waals surface area contributed by atoms with Crippen molar-refractivity contribution >= 4 is 40.8 Å². The molecule has 2 aromatic rings. The molecule has 1 unspecified atom stereocenters. The van der Waals surface area contributed by atoms with Crippen LogP contribution < -0.4 is 10.6 Å². The van der Waals surface area contributed by atoms with Crippen LogP contribution in [0.3, 0.4) is 0 Å². The van der Waals surface area contributed by atoms with E-state index in [4.69, 9.17) is 23.2 Å². The molecule has 1 saturated heterocycles. The molecule has 3 amide bonds. The van der Waals surface area contributed by atoms with Crippen LogP contribution in [0.5, 0.6) is 0 Å². The van der Waals surface area contributed by atoms with Crippen LogP contribution in [0.2, 0.25) is 10.0 Å². The van der Waals surface area contributed by atoms with Gasteiger partial charge in [-0.2, -0.15) is 0 Å². The van der Waals surface area contributed by atoms with Crippen LogP contribution in [-0.4, -0.2) is 36.0 Å². The zero-order valence-corrected chi connectivity index (χ0v) is 15.1. The van der Waals surface area contributed by atoms with E-state index >= 15 is 0 Å². The number of likely N-dealkylation sites (tertiary alicyclic amines) is 1. The topological polar surface area (TPSA) is 61.4 Å². The van der Waals surface area contributed by atoms with E-state index in [0.717, 1.165) is 0 Å². The Labute approximate surface area is 160 Å². The van der Waals surface area contributed by atoms with E-state index in [2.05, 4.69) is 10.6 Å². The number of urea groups is 1. The highest BCUT2D eigenvalue weighted by molar-refractivity contribution is 6.39. The van der Waals surface area contributed by atoms with Gasteiger partial charge in [0, 0.05) is 24.8 Å². The van der Waals surface area contributed by atoms with Crippen LogP contribution in [0, 0.1) is 5.82 Å². The molecule has 1 atom stereocenters. The highest BCUT2D eigenvalue weighted by atomic mass is 35.5. The second-order valence-electron chi connectivity index (χ2n) is 5.94. The molecule has 1 aliphatic rings. The number of nitrogens with zero attached hydrogens (tertiary/aromatic N) is 1. The molecule has 2 aromatic carbocycles. The molecule has 0 aliphatic carbocycles. The number of hydrogen-bond donors (Lipinski definition) is 2. The summed E-state index contributed by atoms with van der Waals surface area (Å²) in [6.07, 6.45) is 0.616. The maximum atomic E-state index is 12.9. The fourth-order valence-corrected chi connectivity index (χ4v) is 3.37.